The molecule has 2 aliphatic rings. The lowest BCUT2D eigenvalue weighted by molar-refractivity contribution is -0.134. The molecule has 2 aliphatic heterocycles. The fourth-order valence-electron chi connectivity index (χ4n) is 3.81. The van der Waals surface area contributed by atoms with Crippen molar-refractivity contribution in [2.75, 3.05) is 63.7 Å². The Morgan fingerprint density at radius 2 is 1.93 bits per heavy atom. The average molecular weight is 412 g/mol. The Balaban J connectivity index is 1.84. The molecular weight excluding hydrogens is 382 g/mol. The van der Waals surface area contributed by atoms with E-state index in [4.69, 9.17) is 0 Å². The third-order valence-electron chi connectivity index (χ3n) is 5.70. The summed E-state index contributed by atoms with van der Waals surface area (Å²) in [5.41, 5.74) is 2.12. The number of nitrogens with one attached hydrogen (secondary N) is 1. The van der Waals surface area contributed by atoms with Gasteiger partial charge in [0.1, 0.15) is 6.04 Å². The van der Waals surface area contributed by atoms with Crippen molar-refractivity contribution >= 4 is 29.6 Å². The third-order valence-corrected chi connectivity index (χ3v) is 5.70. The first-order chi connectivity index (χ1) is 14.4. The topological polar surface area (TPSA) is 76.2 Å². The number of carbonyl (C=O) groups excluding carboxylic acids is 3. The van der Waals surface area contributed by atoms with E-state index in [9.17, 15) is 14.4 Å². The normalized spacial score (nSPS) is 20.2. The monoisotopic (exact) mass is 411 g/mol. The molecule has 0 spiro atoms. The van der Waals surface area contributed by atoms with Gasteiger partial charge in [-0.1, -0.05) is 17.9 Å². The van der Waals surface area contributed by atoms with E-state index in [1.165, 1.54) is 4.90 Å². The van der Waals surface area contributed by atoms with Crippen molar-refractivity contribution in [2.24, 2.45) is 0 Å². The molecule has 1 atom stereocenters. The lowest BCUT2D eigenvalue weighted by Gasteiger charge is -2.34. The van der Waals surface area contributed by atoms with Gasteiger partial charge in [0.15, 0.2) is 0 Å². The molecule has 1 aromatic carbocycles. The average Bonchev–Trinajstić information content (AvgIpc) is 2.74. The van der Waals surface area contributed by atoms with Crippen LogP contribution in [0.2, 0.25) is 0 Å². The zero-order valence-electron chi connectivity index (χ0n) is 17.9. The largest absolute Gasteiger partial charge is 0.361 e. The quantitative estimate of drug-likeness (QED) is 0.421. The second-order valence-electron chi connectivity index (χ2n) is 7.85. The van der Waals surface area contributed by atoms with E-state index in [2.05, 4.69) is 34.0 Å². The number of likely N-dealkylation sites (N-methyl/N-ethyl adjacent to an activating group) is 2. The van der Waals surface area contributed by atoms with Crippen molar-refractivity contribution < 1.29 is 14.4 Å². The molecule has 8 heteroatoms. The van der Waals surface area contributed by atoms with E-state index in [0.717, 1.165) is 43.8 Å². The number of piperazine rings is 1. The number of anilines is 2. The lowest BCUT2D eigenvalue weighted by Crippen LogP contribution is -2.51. The highest BCUT2D eigenvalue weighted by Gasteiger charge is 2.31. The van der Waals surface area contributed by atoms with Gasteiger partial charge in [0.05, 0.1) is 23.5 Å². The summed E-state index contributed by atoms with van der Waals surface area (Å²) in [4.78, 5) is 43.3. The molecule has 1 N–H and O–H groups in total. The zero-order chi connectivity index (χ0) is 21.7. The number of nitrogens with zero attached hydrogens (tertiary/aromatic N) is 4. The number of para-hydroxylation sites is 1. The molecule has 2 heterocycles. The summed E-state index contributed by atoms with van der Waals surface area (Å²) in [6.45, 7) is 4.72. The first-order valence-corrected chi connectivity index (χ1v) is 10.2. The molecule has 3 amide bonds. The second kappa shape index (κ2) is 9.74. The Hall–Kier alpha value is -2.89. The van der Waals surface area contributed by atoms with E-state index in [-0.39, 0.29) is 11.8 Å². The number of imide groups is 1. The molecule has 30 heavy (non-hydrogen) atoms. The maximum absolute atomic E-state index is 12.3. The van der Waals surface area contributed by atoms with Crippen LogP contribution in [-0.4, -0.2) is 87.9 Å². The summed E-state index contributed by atoms with van der Waals surface area (Å²) >= 11 is 0. The number of piperidine rings is 1. The summed E-state index contributed by atoms with van der Waals surface area (Å²) in [5.74, 6) is 5.88. The number of hydrogen-bond acceptors (Lipinski definition) is 6. The van der Waals surface area contributed by atoms with Gasteiger partial charge in [-0.25, -0.2) is 0 Å². The smallest absolute Gasteiger partial charge is 0.249 e. The molecule has 0 aromatic heterocycles. The predicted molar refractivity (Wildman–Crippen MR) is 116 cm³/mol. The van der Waals surface area contributed by atoms with Gasteiger partial charge < -0.3 is 14.7 Å². The number of rotatable bonds is 5. The first kappa shape index (κ1) is 21.8. The molecule has 2 saturated heterocycles. The SMILES string of the molecule is CN1CCN(CC#Cc2cccc(N(C)C3CCC(=O)NC3=O)c2N(C)C=O)CC1. The maximum atomic E-state index is 12.3. The predicted octanol–water partition coefficient (Wildman–Crippen LogP) is 0.120. The Kier molecular flexibility index (Phi) is 7.08. The van der Waals surface area contributed by atoms with E-state index >= 15 is 0 Å². The van der Waals surface area contributed by atoms with Crippen molar-refractivity contribution in [1.82, 2.24) is 15.1 Å². The van der Waals surface area contributed by atoms with E-state index in [1.807, 2.05) is 23.1 Å². The van der Waals surface area contributed by atoms with Crippen LogP contribution in [0.3, 0.4) is 0 Å². The van der Waals surface area contributed by atoms with Crippen LogP contribution in [0.15, 0.2) is 18.2 Å². The van der Waals surface area contributed by atoms with Crippen LogP contribution >= 0.6 is 0 Å². The number of amides is 3. The van der Waals surface area contributed by atoms with Crippen LogP contribution in [0.4, 0.5) is 11.4 Å². The summed E-state index contributed by atoms with van der Waals surface area (Å²) < 4.78 is 0. The van der Waals surface area contributed by atoms with Crippen molar-refractivity contribution in [3.8, 4) is 11.8 Å². The van der Waals surface area contributed by atoms with Crippen molar-refractivity contribution in [2.45, 2.75) is 18.9 Å². The van der Waals surface area contributed by atoms with E-state index in [0.29, 0.717) is 25.1 Å². The van der Waals surface area contributed by atoms with Gasteiger partial charge in [0.2, 0.25) is 18.2 Å². The van der Waals surface area contributed by atoms with Crippen LogP contribution < -0.4 is 15.1 Å². The molecule has 0 bridgehead atoms. The minimum atomic E-state index is -0.477. The van der Waals surface area contributed by atoms with Crippen LogP contribution in [-0.2, 0) is 14.4 Å². The number of carbonyl (C=O) groups is 3. The highest BCUT2D eigenvalue weighted by molar-refractivity contribution is 6.02. The zero-order valence-corrected chi connectivity index (χ0v) is 17.9. The second-order valence-corrected chi connectivity index (χ2v) is 7.85. The van der Waals surface area contributed by atoms with Gasteiger partial charge in [-0.3, -0.25) is 24.6 Å². The maximum Gasteiger partial charge on any atom is 0.249 e. The highest BCUT2D eigenvalue weighted by Crippen LogP contribution is 2.33. The Labute approximate surface area is 177 Å². The van der Waals surface area contributed by atoms with Gasteiger partial charge in [0, 0.05) is 46.7 Å². The third kappa shape index (κ3) is 4.99. The molecule has 1 unspecified atom stereocenters. The lowest BCUT2D eigenvalue weighted by atomic mass is 10.0. The van der Waals surface area contributed by atoms with Crippen LogP contribution in [0.1, 0.15) is 18.4 Å². The fraction of sp³-hybridized carbons (Fsp3) is 0.500. The fourth-order valence-corrected chi connectivity index (χ4v) is 3.81. The Morgan fingerprint density at radius 3 is 2.60 bits per heavy atom. The molecule has 2 fully saturated rings. The van der Waals surface area contributed by atoms with Gasteiger partial charge in [-0.05, 0) is 25.6 Å². The molecule has 8 nitrogen and oxygen atoms in total. The standard InChI is InChI=1S/C22H29N5O3/c1-24-12-14-27(15-13-24)11-5-7-17-6-4-8-18(21(17)25(2)16-28)26(3)19-9-10-20(29)23-22(19)30/h4,6,8,16,19H,9-15H2,1-3H3,(H,23,29,30). The minimum Gasteiger partial charge on any atom is -0.361 e. The number of hydrogen-bond donors (Lipinski definition) is 1. The molecule has 0 saturated carbocycles. The van der Waals surface area contributed by atoms with Crippen molar-refractivity contribution in [3.63, 3.8) is 0 Å². The van der Waals surface area contributed by atoms with Crippen LogP contribution in [0, 0.1) is 11.8 Å². The van der Waals surface area contributed by atoms with Crippen LogP contribution in [0.25, 0.3) is 0 Å². The molecule has 0 aliphatic carbocycles. The summed E-state index contributed by atoms with van der Waals surface area (Å²) in [5, 5.41) is 2.39. The first-order valence-electron chi connectivity index (χ1n) is 10.2. The molecule has 0 radical (unpaired) electrons. The summed E-state index contributed by atoms with van der Waals surface area (Å²) in [6, 6.07) is 5.15. The Morgan fingerprint density at radius 1 is 1.20 bits per heavy atom. The van der Waals surface area contributed by atoms with Gasteiger partial charge in [-0.15, -0.1) is 0 Å². The molecular formula is C22H29N5O3. The molecule has 3 rings (SSSR count). The van der Waals surface area contributed by atoms with Gasteiger partial charge in [-0.2, -0.15) is 0 Å². The van der Waals surface area contributed by atoms with Crippen molar-refractivity contribution in [3.05, 3.63) is 23.8 Å². The number of benzene rings is 1. The van der Waals surface area contributed by atoms with E-state index < -0.39 is 6.04 Å². The summed E-state index contributed by atoms with van der Waals surface area (Å²) in [6.07, 6.45) is 1.47. The van der Waals surface area contributed by atoms with Crippen molar-refractivity contribution in [1.29, 1.82) is 0 Å². The molecule has 160 valence electrons. The van der Waals surface area contributed by atoms with Gasteiger partial charge in [0.25, 0.3) is 0 Å². The highest BCUT2D eigenvalue weighted by atomic mass is 16.2. The van der Waals surface area contributed by atoms with E-state index in [1.54, 1.807) is 14.1 Å². The van der Waals surface area contributed by atoms with Crippen LogP contribution in [0.5, 0.6) is 0 Å². The molecule has 1 aromatic rings. The Bertz CT molecular complexity index is 867. The minimum absolute atomic E-state index is 0.251. The summed E-state index contributed by atoms with van der Waals surface area (Å²) in [7, 11) is 5.60. The van der Waals surface area contributed by atoms with Gasteiger partial charge >= 0.3 is 0 Å².